The summed E-state index contributed by atoms with van der Waals surface area (Å²) >= 11 is 0. The van der Waals surface area contributed by atoms with E-state index in [0.29, 0.717) is 0 Å². The Morgan fingerprint density at radius 2 is 0.950 bits per heavy atom. The van der Waals surface area contributed by atoms with Crippen molar-refractivity contribution in [2.45, 2.75) is 27.7 Å². The molecule has 0 bridgehead atoms. The predicted octanol–water partition coefficient (Wildman–Crippen LogP) is 1.95. The Balaban J connectivity index is 0.000000200. The second kappa shape index (κ2) is 10.6. The topological polar surface area (TPSA) is 24.9 Å². The standard InChI is InChI=1S/2C8H17NO/c2*1-8(2)7-9-3-5-10-6-4-9/h2*8H,3-7H2,1-2H3. The first-order valence-electron chi connectivity index (χ1n) is 8.18. The second-order valence-electron chi connectivity index (χ2n) is 6.61. The minimum atomic E-state index is 0.790. The van der Waals surface area contributed by atoms with Crippen molar-refractivity contribution in [3.8, 4) is 0 Å². The van der Waals surface area contributed by atoms with Crippen molar-refractivity contribution >= 4 is 0 Å². The van der Waals surface area contributed by atoms with Gasteiger partial charge in [0.05, 0.1) is 26.4 Å². The zero-order valence-electron chi connectivity index (χ0n) is 13.9. The highest BCUT2D eigenvalue weighted by molar-refractivity contribution is 4.63. The summed E-state index contributed by atoms with van der Waals surface area (Å²) in [5.74, 6) is 1.58. The second-order valence-corrected chi connectivity index (χ2v) is 6.61. The Morgan fingerprint density at radius 3 is 1.20 bits per heavy atom. The van der Waals surface area contributed by atoms with Gasteiger partial charge >= 0.3 is 0 Å². The molecule has 0 saturated carbocycles. The lowest BCUT2D eigenvalue weighted by Crippen LogP contribution is -2.38. The van der Waals surface area contributed by atoms with Gasteiger partial charge in [0.25, 0.3) is 0 Å². The lowest BCUT2D eigenvalue weighted by molar-refractivity contribution is 0.0328. The van der Waals surface area contributed by atoms with Gasteiger partial charge in [-0.2, -0.15) is 0 Å². The maximum atomic E-state index is 5.24. The monoisotopic (exact) mass is 286 g/mol. The van der Waals surface area contributed by atoms with Gasteiger partial charge in [-0.3, -0.25) is 9.80 Å². The van der Waals surface area contributed by atoms with E-state index < -0.39 is 0 Å². The molecular weight excluding hydrogens is 252 g/mol. The fourth-order valence-electron chi connectivity index (χ4n) is 2.60. The molecule has 0 amide bonds. The SMILES string of the molecule is CC(C)CN1CCOCC1.CC(C)CN1CCOCC1. The van der Waals surface area contributed by atoms with Gasteiger partial charge in [-0.05, 0) is 11.8 Å². The van der Waals surface area contributed by atoms with Gasteiger partial charge < -0.3 is 9.47 Å². The average Bonchev–Trinajstić information content (AvgIpc) is 2.40. The van der Waals surface area contributed by atoms with Crippen molar-refractivity contribution in [3.05, 3.63) is 0 Å². The smallest absolute Gasteiger partial charge is 0.0594 e. The first kappa shape index (κ1) is 17.9. The van der Waals surface area contributed by atoms with E-state index in [-0.39, 0.29) is 0 Å². The summed E-state index contributed by atoms with van der Waals surface area (Å²) in [7, 11) is 0. The minimum Gasteiger partial charge on any atom is -0.379 e. The first-order valence-corrected chi connectivity index (χ1v) is 8.18. The lowest BCUT2D eigenvalue weighted by atomic mass is 10.2. The quantitative estimate of drug-likeness (QED) is 0.788. The van der Waals surface area contributed by atoms with Crippen LogP contribution in [-0.4, -0.2) is 75.5 Å². The van der Waals surface area contributed by atoms with E-state index in [1.807, 2.05) is 0 Å². The van der Waals surface area contributed by atoms with E-state index in [0.717, 1.165) is 64.4 Å². The Labute approximate surface area is 125 Å². The third-order valence-corrected chi connectivity index (χ3v) is 3.45. The summed E-state index contributed by atoms with van der Waals surface area (Å²) < 4.78 is 10.5. The Morgan fingerprint density at radius 1 is 0.650 bits per heavy atom. The molecular formula is C16H34N2O2. The summed E-state index contributed by atoms with van der Waals surface area (Å²) in [6.07, 6.45) is 0. The molecule has 2 rings (SSSR count). The van der Waals surface area contributed by atoms with E-state index in [1.54, 1.807) is 0 Å². The number of nitrogens with zero attached hydrogens (tertiary/aromatic N) is 2. The Hall–Kier alpha value is -0.160. The van der Waals surface area contributed by atoms with Crippen molar-refractivity contribution in [1.82, 2.24) is 9.80 Å². The fraction of sp³-hybridized carbons (Fsp3) is 1.00. The molecule has 2 fully saturated rings. The molecule has 0 aromatic rings. The average molecular weight is 286 g/mol. The summed E-state index contributed by atoms with van der Waals surface area (Å²) in [5, 5.41) is 0. The van der Waals surface area contributed by atoms with E-state index in [2.05, 4.69) is 37.5 Å². The van der Waals surface area contributed by atoms with E-state index in [1.165, 1.54) is 13.1 Å². The van der Waals surface area contributed by atoms with Crippen molar-refractivity contribution in [2.24, 2.45) is 11.8 Å². The van der Waals surface area contributed by atoms with Gasteiger partial charge in [0.15, 0.2) is 0 Å². The minimum absolute atomic E-state index is 0.790. The normalized spacial score (nSPS) is 21.9. The molecule has 0 radical (unpaired) electrons. The Bertz CT molecular complexity index is 199. The first-order chi connectivity index (χ1) is 9.58. The third kappa shape index (κ3) is 8.90. The van der Waals surface area contributed by atoms with Crippen molar-refractivity contribution in [3.63, 3.8) is 0 Å². The van der Waals surface area contributed by atoms with Gasteiger partial charge in [0.2, 0.25) is 0 Å². The molecule has 0 N–H and O–H groups in total. The highest BCUT2D eigenvalue weighted by Crippen LogP contribution is 2.02. The molecule has 2 aliphatic heterocycles. The van der Waals surface area contributed by atoms with Crippen LogP contribution in [0.15, 0.2) is 0 Å². The van der Waals surface area contributed by atoms with Crippen LogP contribution in [0, 0.1) is 11.8 Å². The summed E-state index contributed by atoms with van der Waals surface area (Å²) in [5.41, 5.74) is 0. The molecule has 2 aliphatic rings. The molecule has 4 heteroatoms. The maximum Gasteiger partial charge on any atom is 0.0594 e. The van der Waals surface area contributed by atoms with Gasteiger partial charge in [0, 0.05) is 39.3 Å². The van der Waals surface area contributed by atoms with Crippen LogP contribution in [-0.2, 0) is 9.47 Å². The number of hydrogen-bond acceptors (Lipinski definition) is 4. The number of morpholine rings is 2. The molecule has 20 heavy (non-hydrogen) atoms. The van der Waals surface area contributed by atoms with Crippen LogP contribution in [0.3, 0.4) is 0 Å². The highest BCUT2D eigenvalue weighted by atomic mass is 16.5. The van der Waals surface area contributed by atoms with E-state index in [4.69, 9.17) is 9.47 Å². The molecule has 120 valence electrons. The highest BCUT2D eigenvalue weighted by Gasteiger charge is 2.11. The van der Waals surface area contributed by atoms with Crippen LogP contribution in [0.25, 0.3) is 0 Å². The summed E-state index contributed by atoms with van der Waals surface area (Å²) in [6, 6.07) is 0. The van der Waals surface area contributed by atoms with Crippen LogP contribution in [0.2, 0.25) is 0 Å². The summed E-state index contributed by atoms with van der Waals surface area (Å²) in [4.78, 5) is 4.93. The van der Waals surface area contributed by atoms with Crippen molar-refractivity contribution in [2.75, 3.05) is 65.7 Å². The molecule has 0 aromatic carbocycles. The summed E-state index contributed by atoms with van der Waals surface area (Å²) in [6.45, 7) is 19.7. The molecule has 0 aliphatic carbocycles. The third-order valence-electron chi connectivity index (χ3n) is 3.45. The zero-order valence-corrected chi connectivity index (χ0v) is 13.9. The van der Waals surface area contributed by atoms with Crippen LogP contribution in [0.5, 0.6) is 0 Å². The molecule has 0 spiro atoms. The van der Waals surface area contributed by atoms with Gasteiger partial charge in [-0.25, -0.2) is 0 Å². The molecule has 2 heterocycles. The van der Waals surface area contributed by atoms with Crippen LogP contribution < -0.4 is 0 Å². The molecule has 2 saturated heterocycles. The van der Waals surface area contributed by atoms with Gasteiger partial charge in [-0.15, -0.1) is 0 Å². The Kier molecular flexibility index (Phi) is 9.44. The molecule has 0 atom stereocenters. The predicted molar refractivity (Wildman–Crippen MR) is 84.2 cm³/mol. The molecule has 4 nitrogen and oxygen atoms in total. The van der Waals surface area contributed by atoms with Crippen molar-refractivity contribution < 1.29 is 9.47 Å². The fourth-order valence-corrected chi connectivity index (χ4v) is 2.60. The number of hydrogen-bond donors (Lipinski definition) is 0. The molecule has 0 aromatic heterocycles. The number of rotatable bonds is 4. The lowest BCUT2D eigenvalue weighted by Gasteiger charge is -2.27. The van der Waals surface area contributed by atoms with Crippen molar-refractivity contribution in [1.29, 1.82) is 0 Å². The zero-order chi connectivity index (χ0) is 14.8. The number of ether oxygens (including phenoxy) is 2. The largest absolute Gasteiger partial charge is 0.379 e. The van der Waals surface area contributed by atoms with E-state index in [9.17, 15) is 0 Å². The van der Waals surface area contributed by atoms with Gasteiger partial charge in [0.1, 0.15) is 0 Å². The maximum absolute atomic E-state index is 5.24. The van der Waals surface area contributed by atoms with Crippen LogP contribution >= 0.6 is 0 Å². The van der Waals surface area contributed by atoms with Crippen LogP contribution in [0.1, 0.15) is 27.7 Å². The van der Waals surface area contributed by atoms with Crippen LogP contribution in [0.4, 0.5) is 0 Å². The van der Waals surface area contributed by atoms with Gasteiger partial charge in [-0.1, -0.05) is 27.7 Å². The van der Waals surface area contributed by atoms with E-state index >= 15 is 0 Å². The molecule has 0 unspecified atom stereocenters.